The van der Waals surface area contributed by atoms with Crippen LogP contribution in [0.2, 0.25) is 0 Å². The normalized spacial score (nSPS) is 13.7. The number of fused-ring (bicyclic) bond motifs is 1. The summed E-state index contributed by atoms with van der Waals surface area (Å²) in [5.74, 6) is 1.13. The van der Waals surface area contributed by atoms with Crippen molar-refractivity contribution in [1.82, 2.24) is 9.88 Å². The number of aromatic nitrogens is 1. The predicted octanol–water partition coefficient (Wildman–Crippen LogP) is 2.22. The van der Waals surface area contributed by atoms with Crippen molar-refractivity contribution < 1.29 is 14.3 Å². The van der Waals surface area contributed by atoms with Crippen LogP contribution in [0, 0.1) is 0 Å². The van der Waals surface area contributed by atoms with E-state index in [4.69, 9.17) is 9.47 Å². The fourth-order valence-electron chi connectivity index (χ4n) is 2.33. The number of carbonyl (C=O) groups is 1. The molecular formula is C16H15BrN2O4. The summed E-state index contributed by atoms with van der Waals surface area (Å²) < 4.78 is 12.7. The van der Waals surface area contributed by atoms with Gasteiger partial charge in [0.1, 0.15) is 6.54 Å². The van der Waals surface area contributed by atoms with E-state index in [-0.39, 0.29) is 30.8 Å². The summed E-state index contributed by atoms with van der Waals surface area (Å²) in [6.07, 6.45) is 1.59. The van der Waals surface area contributed by atoms with E-state index < -0.39 is 0 Å². The Hall–Kier alpha value is -2.28. The molecule has 0 aliphatic carbocycles. The van der Waals surface area contributed by atoms with Crippen LogP contribution in [0.25, 0.3) is 0 Å². The first-order valence-electron chi connectivity index (χ1n) is 7.08. The van der Waals surface area contributed by atoms with E-state index in [2.05, 4.69) is 21.2 Å². The minimum absolute atomic E-state index is 0.0346. The van der Waals surface area contributed by atoms with Gasteiger partial charge in [-0.05, 0) is 46.6 Å². The second kappa shape index (κ2) is 6.45. The Balaban J connectivity index is 1.67. The number of rotatable bonds is 4. The zero-order valence-electron chi connectivity index (χ0n) is 12.4. The molecule has 1 N–H and O–H groups in total. The van der Waals surface area contributed by atoms with Gasteiger partial charge in [0.05, 0.1) is 6.04 Å². The molecule has 1 aliphatic heterocycles. The molecule has 1 aromatic carbocycles. The van der Waals surface area contributed by atoms with Gasteiger partial charge in [-0.2, -0.15) is 0 Å². The molecule has 0 saturated carbocycles. The van der Waals surface area contributed by atoms with Crippen LogP contribution in [-0.2, 0) is 11.3 Å². The zero-order valence-corrected chi connectivity index (χ0v) is 14.0. The van der Waals surface area contributed by atoms with Crippen molar-refractivity contribution in [2.45, 2.75) is 19.5 Å². The Morgan fingerprint density at radius 2 is 2.09 bits per heavy atom. The summed E-state index contributed by atoms with van der Waals surface area (Å²) in [6.45, 7) is 2.05. The molecule has 2 aromatic rings. The van der Waals surface area contributed by atoms with Gasteiger partial charge in [-0.15, -0.1) is 0 Å². The third-order valence-corrected chi connectivity index (χ3v) is 4.00. The van der Waals surface area contributed by atoms with E-state index in [0.717, 1.165) is 10.0 Å². The largest absolute Gasteiger partial charge is 0.454 e. The fraction of sp³-hybridized carbons (Fsp3) is 0.250. The number of amides is 1. The van der Waals surface area contributed by atoms with E-state index in [1.807, 2.05) is 25.1 Å². The lowest BCUT2D eigenvalue weighted by Gasteiger charge is -2.15. The van der Waals surface area contributed by atoms with Crippen molar-refractivity contribution in [3.63, 3.8) is 0 Å². The van der Waals surface area contributed by atoms with E-state index in [1.165, 1.54) is 10.6 Å². The highest BCUT2D eigenvalue weighted by atomic mass is 79.9. The van der Waals surface area contributed by atoms with Crippen molar-refractivity contribution in [3.05, 3.63) is 56.9 Å². The summed E-state index contributed by atoms with van der Waals surface area (Å²) in [5, 5.41) is 2.87. The second-order valence-electron chi connectivity index (χ2n) is 5.22. The van der Waals surface area contributed by atoms with Crippen molar-refractivity contribution in [2.75, 3.05) is 6.79 Å². The summed E-state index contributed by atoms with van der Waals surface area (Å²) >= 11 is 3.29. The van der Waals surface area contributed by atoms with Gasteiger partial charge >= 0.3 is 0 Å². The summed E-state index contributed by atoms with van der Waals surface area (Å²) in [4.78, 5) is 23.9. The van der Waals surface area contributed by atoms with Crippen LogP contribution in [0.4, 0.5) is 0 Å². The van der Waals surface area contributed by atoms with Crippen LogP contribution in [-0.4, -0.2) is 17.3 Å². The first kappa shape index (κ1) is 15.6. The van der Waals surface area contributed by atoms with E-state index in [9.17, 15) is 9.59 Å². The lowest BCUT2D eigenvalue weighted by Crippen LogP contribution is -2.33. The molecule has 1 aromatic heterocycles. The third kappa shape index (κ3) is 3.56. The number of halogens is 1. The van der Waals surface area contributed by atoms with Crippen LogP contribution in [0.15, 0.2) is 45.8 Å². The maximum Gasteiger partial charge on any atom is 0.251 e. The lowest BCUT2D eigenvalue weighted by molar-refractivity contribution is -0.122. The molecule has 0 spiro atoms. The number of carbonyl (C=O) groups excluding carboxylic acids is 1. The van der Waals surface area contributed by atoms with E-state index in [0.29, 0.717) is 11.5 Å². The number of benzene rings is 1. The van der Waals surface area contributed by atoms with Crippen molar-refractivity contribution in [1.29, 1.82) is 0 Å². The van der Waals surface area contributed by atoms with Crippen LogP contribution in [0.5, 0.6) is 11.5 Å². The molecule has 120 valence electrons. The van der Waals surface area contributed by atoms with Gasteiger partial charge < -0.3 is 19.4 Å². The molecule has 2 heterocycles. The molecular weight excluding hydrogens is 364 g/mol. The van der Waals surface area contributed by atoms with Crippen molar-refractivity contribution >= 4 is 21.8 Å². The predicted molar refractivity (Wildman–Crippen MR) is 87.5 cm³/mol. The number of nitrogens with one attached hydrogen (secondary N) is 1. The smallest absolute Gasteiger partial charge is 0.251 e. The number of hydrogen-bond donors (Lipinski definition) is 1. The molecule has 0 bridgehead atoms. The van der Waals surface area contributed by atoms with E-state index >= 15 is 0 Å². The molecule has 6 nitrogen and oxygen atoms in total. The molecule has 1 amide bonds. The molecule has 0 radical (unpaired) electrons. The molecule has 1 atom stereocenters. The van der Waals surface area contributed by atoms with Gasteiger partial charge in [0.25, 0.3) is 5.56 Å². The van der Waals surface area contributed by atoms with Crippen LogP contribution in [0.1, 0.15) is 18.5 Å². The number of nitrogens with zero attached hydrogens (tertiary/aromatic N) is 1. The zero-order chi connectivity index (χ0) is 16.4. The number of hydrogen-bond acceptors (Lipinski definition) is 4. The topological polar surface area (TPSA) is 69.6 Å². The Kier molecular flexibility index (Phi) is 4.38. The van der Waals surface area contributed by atoms with Crippen LogP contribution < -0.4 is 20.3 Å². The monoisotopic (exact) mass is 378 g/mol. The van der Waals surface area contributed by atoms with E-state index in [1.54, 1.807) is 12.3 Å². The summed E-state index contributed by atoms with van der Waals surface area (Å²) in [5.41, 5.74) is 0.684. The minimum Gasteiger partial charge on any atom is -0.454 e. The maximum atomic E-state index is 12.2. The first-order chi connectivity index (χ1) is 11.0. The van der Waals surface area contributed by atoms with Crippen LogP contribution in [0.3, 0.4) is 0 Å². The Labute approximate surface area is 141 Å². The quantitative estimate of drug-likeness (QED) is 0.885. The standard InChI is InChI=1S/C16H15BrN2O4/c1-10(11-2-4-13-14(6-11)23-9-22-13)18-15(20)8-19-7-12(17)3-5-16(19)21/h2-7,10H,8-9H2,1H3,(H,18,20). The first-order valence-corrected chi connectivity index (χ1v) is 7.87. The molecule has 0 saturated heterocycles. The number of ether oxygens (including phenoxy) is 2. The average molecular weight is 379 g/mol. The Bertz CT molecular complexity index is 803. The maximum absolute atomic E-state index is 12.2. The van der Waals surface area contributed by atoms with Crippen molar-refractivity contribution in [3.8, 4) is 11.5 Å². The molecule has 23 heavy (non-hydrogen) atoms. The summed E-state index contributed by atoms with van der Waals surface area (Å²) in [7, 11) is 0. The highest BCUT2D eigenvalue weighted by Crippen LogP contribution is 2.34. The highest BCUT2D eigenvalue weighted by molar-refractivity contribution is 9.10. The molecule has 1 unspecified atom stereocenters. The van der Waals surface area contributed by atoms with Gasteiger partial charge in [0, 0.05) is 16.7 Å². The Morgan fingerprint density at radius 1 is 1.30 bits per heavy atom. The minimum atomic E-state index is -0.240. The van der Waals surface area contributed by atoms with Gasteiger partial charge in [-0.3, -0.25) is 9.59 Å². The molecule has 3 rings (SSSR count). The highest BCUT2D eigenvalue weighted by Gasteiger charge is 2.17. The average Bonchev–Trinajstić information content (AvgIpc) is 2.98. The second-order valence-corrected chi connectivity index (χ2v) is 6.13. The van der Waals surface area contributed by atoms with Gasteiger partial charge in [0.2, 0.25) is 12.7 Å². The van der Waals surface area contributed by atoms with Crippen molar-refractivity contribution in [2.24, 2.45) is 0 Å². The Morgan fingerprint density at radius 3 is 2.91 bits per heavy atom. The van der Waals surface area contributed by atoms with Gasteiger partial charge in [0.15, 0.2) is 11.5 Å². The lowest BCUT2D eigenvalue weighted by atomic mass is 10.1. The van der Waals surface area contributed by atoms with Crippen LogP contribution >= 0.6 is 15.9 Å². The fourth-order valence-corrected chi connectivity index (χ4v) is 2.71. The number of pyridine rings is 1. The summed E-state index contributed by atoms with van der Waals surface area (Å²) in [6, 6.07) is 8.39. The molecule has 0 fully saturated rings. The van der Waals surface area contributed by atoms with Gasteiger partial charge in [-0.25, -0.2) is 0 Å². The molecule has 1 aliphatic rings. The third-order valence-electron chi connectivity index (χ3n) is 3.54. The molecule has 7 heteroatoms. The van der Waals surface area contributed by atoms with Gasteiger partial charge in [-0.1, -0.05) is 6.07 Å². The SMILES string of the molecule is CC(NC(=O)Cn1cc(Br)ccc1=O)c1ccc2c(c1)OCO2.